The highest BCUT2D eigenvalue weighted by Gasteiger charge is 2.75. The van der Waals surface area contributed by atoms with Crippen molar-refractivity contribution in [2.24, 2.45) is 0 Å². The van der Waals surface area contributed by atoms with Crippen LogP contribution in [0.3, 0.4) is 0 Å². The summed E-state index contributed by atoms with van der Waals surface area (Å²) < 4.78 is 87.3. The van der Waals surface area contributed by atoms with E-state index in [1.807, 2.05) is 6.92 Å². The Bertz CT molecular complexity index is 1750. The van der Waals surface area contributed by atoms with Crippen molar-refractivity contribution >= 4 is 43.1 Å². The molecule has 9 atom stereocenters. The number of ether oxygens (including phenoxy) is 3. The quantitative estimate of drug-likeness (QED) is 0.0716. The fourth-order valence-electron chi connectivity index (χ4n) is 4.68. The molecule has 0 radical (unpaired) electrons. The molecule has 2 aliphatic rings. The lowest BCUT2D eigenvalue weighted by atomic mass is 10.0. The highest BCUT2D eigenvalue weighted by Crippen LogP contribution is 2.71. The lowest BCUT2D eigenvalue weighted by Crippen LogP contribution is -2.57. The number of aromatic nitrogens is 2. The van der Waals surface area contributed by atoms with Crippen LogP contribution in [-0.4, -0.2) is 81.8 Å². The Labute approximate surface area is 288 Å². The van der Waals surface area contributed by atoms with E-state index in [0.717, 1.165) is 16.6 Å². The molecule has 2 aliphatic heterocycles. The zero-order chi connectivity index (χ0) is 37.2. The second kappa shape index (κ2) is 16.0. The van der Waals surface area contributed by atoms with Gasteiger partial charge in [0.1, 0.15) is 11.1 Å². The van der Waals surface area contributed by atoms with Gasteiger partial charge in [0, 0.05) is 12.6 Å². The fraction of sp³-hybridized carbons (Fsp3) is 0.583. The van der Waals surface area contributed by atoms with Crippen LogP contribution in [0.5, 0.6) is 0 Å². The lowest BCUT2D eigenvalue weighted by Gasteiger charge is -2.31. The Morgan fingerprint density at radius 3 is 2.12 bits per heavy atom. The van der Waals surface area contributed by atoms with Gasteiger partial charge in [-0.3, -0.25) is 13.6 Å². The molecule has 0 saturated carbocycles. The van der Waals surface area contributed by atoms with Crippen molar-refractivity contribution < 1.29 is 84.2 Å². The third-order valence-electron chi connectivity index (χ3n) is 6.57. The molecular formula is C24H36N2O19P4S. The average molecular weight is 813 g/mol. The summed E-state index contributed by atoms with van der Waals surface area (Å²) in [5, 5.41) is 23.7. The number of thioether (sulfide) groups is 1. The standard InChI is InChI=1S/C24H36N2O19P4S/c1-4-14-50-19-12-13-26(22(27)25-19)21-24(29)23(28,40-20(41-24)11-10-17-8-6-5-7-9-17)18(39-21)15-38-46(30,31)43-48(34,35)45-49(36,37)44-47(32,33)42-16(2)3/h5-9,12-13,16,18,20-21,28-29H,4,10-11,14-15H2,1-3H3,(H,30,31)(H,32,33)(H,34,35)(H,36,37)/t18-,20?,21-,23+,24?/m1/s1. The predicted octanol–water partition coefficient (Wildman–Crippen LogP) is 2.92. The number of hydrogen-bond donors (Lipinski definition) is 6. The highest BCUT2D eigenvalue weighted by atomic mass is 32.2. The molecule has 26 heteroatoms. The Hall–Kier alpha value is -1.19. The van der Waals surface area contributed by atoms with Crippen molar-refractivity contribution in [3.63, 3.8) is 0 Å². The van der Waals surface area contributed by atoms with Crippen LogP contribution in [-0.2, 0) is 60.9 Å². The van der Waals surface area contributed by atoms with E-state index < -0.39 is 79.9 Å². The maximum atomic E-state index is 13.0. The fourth-order valence-corrected chi connectivity index (χ4v) is 10.5. The van der Waals surface area contributed by atoms with E-state index in [1.165, 1.54) is 37.9 Å². The maximum absolute atomic E-state index is 13.0. The van der Waals surface area contributed by atoms with E-state index in [1.54, 1.807) is 30.3 Å². The average Bonchev–Trinajstić information content (AvgIpc) is 3.34. The summed E-state index contributed by atoms with van der Waals surface area (Å²) in [5.41, 5.74) is -0.105. The molecule has 21 nitrogen and oxygen atoms in total. The van der Waals surface area contributed by atoms with E-state index in [4.69, 9.17) is 14.2 Å². The Balaban J connectivity index is 1.53. The Morgan fingerprint density at radius 2 is 1.52 bits per heavy atom. The van der Waals surface area contributed by atoms with Crippen molar-refractivity contribution in [2.75, 3.05) is 12.4 Å². The topological polar surface area (TPSA) is 298 Å². The van der Waals surface area contributed by atoms with Gasteiger partial charge in [-0.25, -0.2) is 23.1 Å². The minimum Gasteiger partial charge on any atom is -0.359 e. The summed E-state index contributed by atoms with van der Waals surface area (Å²) >= 11 is 1.28. The minimum atomic E-state index is -6.13. The van der Waals surface area contributed by atoms with Crippen molar-refractivity contribution in [1.82, 2.24) is 9.55 Å². The largest absolute Gasteiger partial charge is 0.490 e. The van der Waals surface area contributed by atoms with Crippen LogP contribution >= 0.6 is 43.1 Å². The molecule has 2 fully saturated rings. The van der Waals surface area contributed by atoms with Crippen LogP contribution in [0.4, 0.5) is 0 Å². The summed E-state index contributed by atoms with van der Waals surface area (Å²) in [7, 11) is -23.3. The summed E-state index contributed by atoms with van der Waals surface area (Å²) in [4.78, 5) is 56.1. The van der Waals surface area contributed by atoms with Gasteiger partial charge in [0.2, 0.25) is 0 Å². The van der Waals surface area contributed by atoms with Crippen LogP contribution in [0, 0.1) is 0 Å². The lowest BCUT2D eigenvalue weighted by molar-refractivity contribution is -0.293. The number of phosphoric acid groups is 4. The number of hydrogen-bond acceptors (Lipinski definition) is 17. The monoisotopic (exact) mass is 812 g/mol. The second-order valence-corrected chi connectivity index (χ2v) is 18.2. The van der Waals surface area contributed by atoms with E-state index in [9.17, 15) is 52.8 Å². The number of benzene rings is 1. The molecule has 1 aromatic carbocycles. The van der Waals surface area contributed by atoms with Crippen LogP contribution in [0.2, 0.25) is 0 Å². The predicted molar refractivity (Wildman–Crippen MR) is 169 cm³/mol. The zero-order valence-corrected chi connectivity index (χ0v) is 30.9. The second-order valence-electron chi connectivity index (χ2n) is 10.9. The van der Waals surface area contributed by atoms with Gasteiger partial charge in [-0.15, -0.1) is 11.8 Å². The van der Waals surface area contributed by atoms with Crippen molar-refractivity contribution in [3.05, 3.63) is 58.6 Å². The molecule has 50 heavy (non-hydrogen) atoms. The number of rotatable bonds is 18. The SMILES string of the molecule is CCCSc1ccn([C@@H]2O[C@H](COP(=O)(O)OP(=O)(O)OP(=O)(O)OP(=O)(O)OC(C)C)[C@]3(O)OC(CCc4ccccc4)OC23O)c(=O)n1. The molecule has 0 aliphatic carbocycles. The Kier molecular flexibility index (Phi) is 13.3. The molecule has 0 bridgehead atoms. The first-order valence-corrected chi connectivity index (χ1v) is 21.6. The molecule has 6 N–H and O–H groups in total. The molecule has 2 aromatic rings. The number of aryl methyl sites for hydroxylation is 1. The van der Waals surface area contributed by atoms with E-state index in [0.29, 0.717) is 17.2 Å². The van der Waals surface area contributed by atoms with Gasteiger partial charge in [-0.1, -0.05) is 37.3 Å². The van der Waals surface area contributed by atoms with Crippen LogP contribution in [0.15, 0.2) is 52.4 Å². The summed E-state index contributed by atoms with van der Waals surface area (Å²) in [6.45, 7) is 3.13. The van der Waals surface area contributed by atoms with Crippen molar-refractivity contribution in [2.45, 2.75) is 81.4 Å². The van der Waals surface area contributed by atoms with E-state index in [-0.39, 0.29) is 6.42 Å². The first-order chi connectivity index (χ1) is 23.1. The third kappa shape index (κ3) is 10.5. The molecule has 0 spiro atoms. The summed E-state index contributed by atoms with van der Waals surface area (Å²) in [5.74, 6) is -5.16. The maximum Gasteiger partial charge on any atom is 0.490 e. The number of fused-ring (bicyclic) bond motifs is 1. The first-order valence-electron chi connectivity index (χ1n) is 14.6. The van der Waals surface area contributed by atoms with Crippen molar-refractivity contribution in [3.8, 4) is 0 Å². The van der Waals surface area contributed by atoms with Gasteiger partial charge >= 0.3 is 37.0 Å². The van der Waals surface area contributed by atoms with E-state index in [2.05, 4.69) is 27.0 Å². The molecule has 0 amide bonds. The van der Waals surface area contributed by atoms with Gasteiger partial charge in [0.25, 0.3) is 11.6 Å². The number of phosphoric ester groups is 2. The van der Waals surface area contributed by atoms with Gasteiger partial charge in [0.05, 0.1) is 12.7 Å². The van der Waals surface area contributed by atoms with E-state index >= 15 is 0 Å². The number of nitrogens with zero attached hydrogens (tertiary/aromatic N) is 2. The van der Waals surface area contributed by atoms with Gasteiger partial charge in [0.15, 0.2) is 12.5 Å². The van der Waals surface area contributed by atoms with Gasteiger partial charge < -0.3 is 44.0 Å². The molecule has 282 valence electrons. The molecule has 4 rings (SSSR count). The smallest absolute Gasteiger partial charge is 0.359 e. The van der Waals surface area contributed by atoms with Crippen molar-refractivity contribution in [1.29, 1.82) is 0 Å². The van der Waals surface area contributed by atoms with Crippen LogP contribution in [0.1, 0.15) is 45.4 Å². The molecule has 2 saturated heterocycles. The Morgan fingerprint density at radius 1 is 0.920 bits per heavy atom. The third-order valence-corrected chi connectivity index (χ3v) is 13.8. The van der Waals surface area contributed by atoms with Crippen LogP contribution < -0.4 is 5.69 Å². The number of aliphatic hydroxyl groups is 2. The first kappa shape index (κ1) is 41.6. The summed E-state index contributed by atoms with van der Waals surface area (Å²) in [6, 6.07) is 10.4. The van der Waals surface area contributed by atoms with Crippen LogP contribution in [0.25, 0.3) is 0 Å². The normalized spacial score (nSPS) is 29.9. The minimum absolute atomic E-state index is 0.0492. The van der Waals surface area contributed by atoms with Gasteiger partial charge in [-0.2, -0.15) is 17.9 Å². The zero-order valence-electron chi connectivity index (χ0n) is 26.5. The highest BCUT2D eigenvalue weighted by molar-refractivity contribution is 7.99. The van der Waals surface area contributed by atoms with Gasteiger partial charge in [-0.05, 0) is 44.1 Å². The molecule has 3 heterocycles. The summed E-state index contributed by atoms with van der Waals surface area (Å²) in [6.07, 6.45) is -3.90. The molecule has 1 aromatic heterocycles. The molecule has 6 unspecified atom stereocenters. The molecular weight excluding hydrogens is 776 g/mol.